The molecule has 3 aliphatic heterocycles. The molecule has 2 aliphatic carbocycles. The monoisotopic (exact) mass is 726 g/mol. The molecule has 0 saturated carbocycles. The van der Waals surface area contributed by atoms with Gasteiger partial charge in [-0.3, -0.25) is 0 Å². The van der Waals surface area contributed by atoms with Crippen LogP contribution in [0, 0.1) is 0 Å². The summed E-state index contributed by atoms with van der Waals surface area (Å²) in [5.74, 6) is 0. The lowest BCUT2D eigenvalue weighted by molar-refractivity contribution is 0.620. The lowest BCUT2D eigenvalue weighted by atomic mass is 9.33. The standard InChI is InChI=1S/C53H35BN2O/c1-52(2)36-18-6-4-14-30(36)33-26-27-35-34-17-13-25-45(50(34)57-51(35)47(33)52)55-41-22-10-8-20-39(41)54-40-21-9-11-23-42(40)56-43-24-12-16-32-31-15-5-7-19-37(31)53(3,46(32)43)38-28-29-44(55)48(54)49(38)56/h4-29H,1-3H3. The first-order valence-electron chi connectivity index (χ1n) is 20.2. The van der Waals surface area contributed by atoms with Crippen LogP contribution in [0.25, 0.3) is 44.2 Å². The van der Waals surface area contributed by atoms with Gasteiger partial charge in [0.2, 0.25) is 0 Å². The van der Waals surface area contributed by atoms with Crippen molar-refractivity contribution in [1.82, 2.24) is 0 Å². The minimum Gasteiger partial charge on any atom is -0.453 e. The van der Waals surface area contributed by atoms with E-state index in [4.69, 9.17) is 4.42 Å². The predicted molar refractivity (Wildman–Crippen MR) is 236 cm³/mol. The summed E-state index contributed by atoms with van der Waals surface area (Å²) in [7, 11) is 0. The molecule has 1 aromatic heterocycles. The van der Waals surface area contributed by atoms with Crippen molar-refractivity contribution in [3.8, 4) is 22.3 Å². The van der Waals surface area contributed by atoms with Crippen LogP contribution in [0.2, 0.25) is 0 Å². The maximum Gasteiger partial charge on any atom is 0.252 e. The highest BCUT2D eigenvalue weighted by Gasteiger charge is 2.53. The van der Waals surface area contributed by atoms with E-state index in [9.17, 15) is 0 Å². The summed E-state index contributed by atoms with van der Waals surface area (Å²) in [6.07, 6.45) is 0. The van der Waals surface area contributed by atoms with E-state index in [1.165, 1.54) is 100 Å². The van der Waals surface area contributed by atoms with Gasteiger partial charge >= 0.3 is 0 Å². The molecule has 5 aliphatic rings. The molecule has 266 valence electrons. The van der Waals surface area contributed by atoms with Crippen LogP contribution >= 0.6 is 0 Å². The third-order valence-corrected chi connectivity index (χ3v) is 14.4. The zero-order chi connectivity index (χ0) is 37.5. The molecule has 0 spiro atoms. The zero-order valence-corrected chi connectivity index (χ0v) is 31.9. The maximum atomic E-state index is 7.30. The highest BCUT2D eigenvalue weighted by Crippen LogP contribution is 2.63. The SMILES string of the molecule is CC1(C)c2ccccc2-c2ccc3c(oc4c(N5c6ccccc6B6c7ccccc7N7c8cccc9c8C(C)(c8ccccc8-9)c8ccc5c6c87)cccc43)c21. The number of furan rings is 1. The Bertz CT molecular complexity index is 3340. The Morgan fingerprint density at radius 3 is 1.82 bits per heavy atom. The molecular formula is C53H35BN2O. The van der Waals surface area contributed by atoms with Crippen molar-refractivity contribution in [1.29, 1.82) is 0 Å². The van der Waals surface area contributed by atoms with Crippen LogP contribution < -0.4 is 26.2 Å². The molecular weight excluding hydrogens is 691 g/mol. The number of para-hydroxylation sites is 3. The van der Waals surface area contributed by atoms with Crippen LogP contribution in [0.3, 0.4) is 0 Å². The summed E-state index contributed by atoms with van der Waals surface area (Å²) in [6, 6.07) is 59.2. The van der Waals surface area contributed by atoms with Crippen LogP contribution in [0.5, 0.6) is 0 Å². The molecule has 3 nitrogen and oxygen atoms in total. The highest BCUT2D eigenvalue weighted by atomic mass is 16.3. The summed E-state index contributed by atoms with van der Waals surface area (Å²) in [6.45, 7) is 7.22. The van der Waals surface area contributed by atoms with Crippen LogP contribution in [-0.4, -0.2) is 6.71 Å². The van der Waals surface area contributed by atoms with Gasteiger partial charge in [0.25, 0.3) is 6.71 Å². The van der Waals surface area contributed by atoms with E-state index >= 15 is 0 Å². The summed E-state index contributed by atoms with van der Waals surface area (Å²) in [5, 5.41) is 2.31. The molecule has 14 rings (SSSR count). The molecule has 9 aromatic rings. The summed E-state index contributed by atoms with van der Waals surface area (Å²) < 4.78 is 7.30. The molecule has 4 heterocycles. The van der Waals surface area contributed by atoms with Gasteiger partial charge in [-0.05, 0) is 104 Å². The molecule has 8 aromatic carbocycles. The van der Waals surface area contributed by atoms with Gasteiger partial charge in [-0.15, -0.1) is 0 Å². The summed E-state index contributed by atoms with van der Waals surface area (Å²) >= 11 is 0. The quantitative estimate of drug-likeness (QED) is 0.157. The number of hydrogen-bond acceptors (Lipinski definition) is 3. The molecule has 1 atom stereocenters. The lowest BCUT2D eigenvalue weighted by Crippen LogP contribution is -2.62. The molecule has 1 unspecified atom stereocenters. The van der Waals surface area contributed by atoms with Gasteiger partial charge in [0.1, 0.15) is 5.58 Å². The molecule has 0 N–H and O–H groups in total. The van der Waals surface area contributed by atoms with Crippen LogP contribution in [0.15, 0.2) is 162 Å². The number of fused-ring (bicyclic) bond motifs is 17. The van der Waals surface area contributed by atoms with Crippen molar-refractivity contribution < 1.29 is 4.42 Å². The smallest absolute Gasteiger partial charge is 0.252 e. The Morgan fingerprint density at radius 2 is 1.02 bits per heavy atom. The van der Waals surface area contributed by atoms with Crippen molar-refractivity contribution in [2.45, 2.75) is 31.6 Å². The number of rotatable bonds is 1. The summed E-state index contributed by atoms with van der Waals surface area (Å²) in [4.78, 5) is 5.11. The van der Waals surface area contributed by atoms with Gasteiger partial charge in [-0.1, -0.05) is 135 Å². The van der Waals surface area contributed by atoms with Crippen LogP contribution in [-0.2, 0) is 10.8 Å². The third kappa shape index (κ3) is 3.34. The Kier molecular flexibility index (Phi) is 5.32. The number of anilines is 6. The maximum absolute atomic E-state index is 7.30. The second kappa shape index (κ2) is 9.96. The fraction of sp³-hybridized carbons (Fsp3) is 0.0943. The fourth-order valence-electron chi connectivity index (χ4n) is 12.1. The van der Waals surface area contributed by atoms with E-state index < -0.39 is 0 Å². The lowest BCUT2D eigenvalue weighted by Gasteiger charge is -2.50. The summed E-state index contributed by atoms with van der Waals surface area (Å²) in [5.41, 5.74) is 24.8. The minimum atomic E-state index is -0.300. The number of nitrogens with zero attached hydrogens (tertiary/aromatic N) is 2. The molecule has 4 heteroatoms. The first kappa shape index (κ1) is 30.4. The van der Waals surface area contributed by atoms with E-state index in [-0.39, 0.29) is 17.5 Å². The molecule has 57 heavy (non-hydrogen) atoms. The van der Waals surface area contributed by atoms with Crippen molar-refractivity contribution in [3.05, 3.63) is 186 Å². The Morgan fingerprint density at radius 1 is 0.421 bits per heavy atom. The highest BCUT2D eigenvalue weighted by molar-refractivity contribution is 7.00. The van der Waals surface area contributed by atoms with E-state index in [1.54, 1.807) is 0 Å². The van der Waals surface area contributed by atoms with Gasteiger partial charge < -0.3 is 14.2 Å². The normalized spacial score (nSPS) is 17.8. The second-order valence-electron chi connectivity index (χ2n) is 17.3. The minimum absolute atomic E-state index is 0.0669. The van der Waals surface area contributed by atoms with Gasteiger partial charge in [0.05, 0.1) is 11.4 Å². The predicted octanol–water partition coefficient (Wildman–Crippen LogP) is 11.6. The van der Waals surface area contributed by atoms with Crippen LogP contribution in [0.1, 0.15) is 48.6 Å². The van der Waals surface area contributed by atoms with Crippen molar-refractivity contribution in [2.75, 3.05) is 9.80 Å². The first-order valence-corrected chi connectivity index (χ1v) is 20.2. The Balaban J connectivity index is 1.08. The Labute approximate surface area is 331 Å². The molecule has 0 saturated heterocycles. The van der Waals surface area contributed by atoms with Gasteiger partial charge in [0.15, 0.2) is 5.58 Å². The topological polar surface area (TPSA) is 19.6 Å². The van der Waals surface area contributed by atoms with Crippen molar-refractivity contribution >= 4 is 79.2 Å². The number of hydrogen-bond donors (Lipinski definition) is 0. The van der Waals surface area contributed by atoms with Gasteiger partial charge in [0, 0.05) is 49.9 Å². The van der Waals surface area contributed by atoms with E-state index in [2.05, 4.69) is 188 Å². The number of benzene rings is 8. The molecule has 0 amide bonds. The third-order valence-electron chi connectivity index (χ3n) is 14.4. The van der Waals surface area contributed by atoms with Gasteiger partial charge in [-0.25, -0.2) is 0 Å². The first-order chi connectivity index (χ1) is 28.0. The van der Waals surface area contributed by atoms with Crippen LogP contribution in [0.4, 0.5) is 34.1 Å². The van der Waals surface area contributed by atoms with Crippen molar-refractivity contribution in [3.63, 3.8) is 0 Å². The van der Waals surface area contributed by atoms with Crippen molar-refractivity contribution in [2.24, 2.45) is 0 Å². The van der Waals surface area contributed by atoms with E-state index in [0.717, 1.165) is 22.2 Å². The zero-order valence-electron chi connectivity index (χ0n) is 31.9. The average Bonchev–Trinajstić information content (AvgIpc) is 3.85. The van der Waals surface area contributed by atoms with E-state index in [1.807, 2.05) is 0 Å². The molecule has 0 radical (unpaired) electrons. The van der Waals surface area contributed by atoms with Gasteiger partial charge in [-0.2, -0.15) is 0 Å². The Hall–Kier alpha value is -6.78. The second-order valence-corrected chi connectivity index (χ2v) is 17.3. The molecule has 0 fully saturated rings. The van der Waals surface area contributed by atoms with E-state index in [0.29, 0.717) is 0 Å². The largest absolute Gasteiger partial charge is 0.453 e. The fourth-order valence-corrected chi connectivity index (χ4v) is 12.1. The average molecular weight is 727 g/mol. The molecule has 0 bridgehead atoms.